The molecule has 4 nitrogen and oxygen atoms in total. The lowest BCUT2D eigenvalue weighted by Gasteiger charge is -2.24. The normalized spacial score (nSPS) is 14.3. The maximum atomic E-state index is 5.19. The molecular weight excluding hydrogens is 597 g/mol. The van der Waals surface area contributed by atoms with E-state index in [1.807, 2.05) is 12.1 Å². The van der Waals surface area contributed by atoms with Gasteiger partial charge in [-0.05, 0) is 58.1 Å². The molecule has 1 N–H and O–H groups in total. The predicted octanol–water partition coefficient (Wildman–Crippen LogP) is 10.6. The molecule has 9 rings (SSSR count). The lowest BCUT2D eigenvalue weighted by atomic mass is 10.0. The summed E-state index contributed by atoms with van der Waals surface area (Å²) < 4.78 is 2.37. The minimum Gasteiger partial charge on any atom is -0.344 e. The third-order valence-electron chi connectivity index (χ3n) is 9.24. The number of aromatic nitrogens is 1. The Morgan fingerprint density at radius 1 is 0.429 bits per heavy atom. The van der Waals surface area contributed by atoms with Crippen LogP contribution in [0.25, 0.3) is 49.7 Å². The Morgan fingerprint density at radius 2 is 1.02 bits per heavy atom. The van der Waals surface area contributed by atoms with Crippen LogP contribution in [-0.4, -0.2) is 16.2 Å². The van der Waals surface area contributed by atoms with E-state index >= 15 is 0 Å². The van der Waals surface area contributed by atoms with Gasteiger partial charge >= 0.3 is 0 Å². The van der Waals surface area contributed by atoms with Gasteiger partial charge in [0.25, 0.3) is 0 Å². The second-order valence-electron chi connectivity index (χ2n) is 12.3. The van der Waals surface area contributed by atoms with Gasteiger partial charge in [0, 0.05) is 27.6 Å². The van der Waals surface area contributed by atoms with E-state index in [1.54, 1.807) is 0 Å². The van der Waals surface area contributed by atoms with Gasteiger partial charge in [-0.3, -0.25) is 0 Å². The van der Waals surface area contributed by atoms with Crippen molar-refractivity contribution in [2.24, 2.45) is 9.98 Å². The van der Waals surface area contributed by atoms with Crippen LogP contribution < -0.4 is 5.32 Å². The standard InChI is InChI=1S/C45H32N4/c1-4-14-31(15-5-1)34-20-12-21-36(28-34)44-46-43(33-18-8-3-9-19-33)47-45(48-44)37-22-13-23-38(29-37)49-41-25-11-10-24-39(41)40-27-26-35(30-42(40)49)32-16-6-2-7-17-32/h1-30,43H,(H,46,47,48). The van der Waals surface area contributed by atoms with Crippen molar-refractivity contribution in [3.63, 3.8) is 0 Å². The van der Waals surface area contributed by atoms with E-state index in [2.05, 4.69) is 180 Å². The quantitative estimate of drug-likeness (QED) is 0.196. The number of fused-ring (bicyclic) bond motifs is 3. The fraction of sp³-hybridized carbons (Fsp3) is 0.0222. The summed E-state index contributed by atoms with van der Waals surface area (Å²) in [7, 11) is 0. The van der Waals surface area contributed by atoms with Crippen LogP contribution in [0.3, 0.4) is 0 Å². The molecule has 0 amide bonds. The van der Waals surface area contributed by atoms with Gasteiger partial charge in [-0.2, -0.15) is 0 Å². The smallest absolute Gasteiger partial charge is 0.159 e. The van der Waals surface area contributed by atoms with Crippen LogP contribution in [-0.2, 0) is 0 Å². The SMILES string of the molecule is c1ccc(-c2cccc(C3=NC(c4cccc(-n5c6ccccc6c6ccc(-c7ccccc7)cc65)c4)=NC(c4ccccc4)N3)c2)cc1. The number of para-hydroxylation sites is 1. The van der Waals surface area contributed by atoms with Gasteiger partial charge in [-0.15, -0.1) is 0 Å². The first-order valence-corrected chi connectivity index (χ1v) is 16.6. The van der Waals surface area contributed by atoms with Crippen LogP contribution >= 0.6 is 0 Å². The molecule has 0 spiro atoms. The molecule has 2 heterocycles. The average Bonchev–Trinajstić information content (AvgIpc) is 3.52. The Labute approximate surface area is 285 Å². The molecule has 0 radical (unpaired) electrons. The van der Waals surface area contributed by atoms with Crippen LogP contribution in [0.2, 0.25) is 0 Å². The van der Waals surface area contributed by atoms with Gasteiger partial charge in [0.15, 0.2) is 5.84 Å². The topological polar surface area (TPSA) is 41.7 Å². The van der Waals surface area contributed by atoms with E-state index in [4.69, 9.17) is 9.98 Å². The Bertz CT molecular complexity index is 2510. The van der Waals surface area contributed by atoms with E-state index in [1.165, 1.54) is 27.5 Å². The number of amidine groups is 2. The molecule has 1 atom stereocenters. The number of aliphatic imine (C=N–C) groups is 2. The molecule has 0 saturated heterocycles. The second-order valence-corrected chi connectivity index (χ2v) is 12.3. The van der Waals surface area contributed by atoms with Crippen molar-refractivity contribution < 1.29 is 0 Å². The van der Waals surface area contributed by atoms with Crippen molar-refractivity contribution in [2.75, 3.05) is 0 Å². The molecule has 1 unspecified atom stereocenters. The molecule has 7 aromatic carbocycles. The summed E-state index contributed by atoms with van der Waals surface area (Å²) in [4.78, 5) is 10.4. The molecular formula is C45H32N4. The van der Waals surface area contributed by atoms with Crippen molar-refractivity contribution in [3.8, 4) is 27.9 Å². The van der Waals surface area contributed by atoms with E-state index in [0.29, 0.717) is 5.84 Å². The highest BCUT2D eigenvalue weighted by atomic mass is 15.2. The first kappa shape index (κ1) is 28.7. The molecule has 0 bridgehead atoms. The monoisotopic (exact) mass is 628 g/mol. The summed E-state index contributed by atoms with van der Waals surface area (Å²) in [6.07, 6.45) is -0.283. The number of hydrogen-bond acceptors (Lipinski definition) is 3. The molecule has 0 aliphatic carbocycles. The van der Waals surface area contributed by atoms with E-state index in [-0.39, 0.29) is 6.17 Å². The van der Waals surface area contributed by atoms with Gasteiger partial charge in [-0.25, -0.2) is 9.98 Å². The minimum absolute atomic E-state index is 0.283. The third kappa shape index (κ3) is 5.39. The average molecular weight is 629 g/mol. The maximum absolute atomic E-state index is 5.19. The summed E-state index contributed by atoms with van der Waals surface area (Å²) >= 11 is 0. The summed E-state index contributed by atoms with van der Waals surface area (Å²) in [6.45, 7) is 0. The second kappa shape index (κ2) is 12.3. The highest BCUT2D eigenvalue weighted by Gasteiger charge is 2.22. The molecule has 0 fully saturated rings. The van der Waals surface area contributed by atoms with E-state index in [0.717, 1.165) is 44.8 Å². The fourth-order valence-corrected chi connectivity index (χ4v) is 6.85. The molecule has 232 valence electrons. The number of nitrogens with zero attached hydrogens (tertiary/aromatic N) is 3. The zero-order valence-corrected chi connectivity index (χ0v) is 26.7. The predicted molar refractivity (Wildman–Crippen MR) is 203 cm³/mol. The summed E-state index contributed by atoms with van der Waals surface area (Å²) in [5, 5.41) is 6.09. The molecule has 1 aliphatic rings. The molecule has 1 aromatic heterocycles. The third-order valence-corrected chi connectivity index (χ3v) is 9.24. The van der Waals surface area contributed by atoms with Crippen molar-refractivity contribution in [1.82, 2.24) is 9.88 Å². The fourth-order valence-electron chi connectivity index (χ4n) is 6.85. The summed E-state index contributed by atoms with van der Waals surface area (Å²) in [5.41, 5.74) is 11.1. The van der Waals surface area contributed by atoms with Crippen molar-refractivity contribution in [2.45, 2.75) is 6.17 Å². The lowest BCUT2D eigenvalue weighted by molar-refractivity contribution is 0.674. The largest absolute Gasteiger partial charge is 0.344 e. The van der Waals surface area contributed by atoms with Gasteiger partial charge < -0.3 is 9.88 Å². The number of hydrogen-bond donors (Lipinski definition) is 1. The molecule has 0 saturated carbocycles. The highest BCUT2D eigenvalue weighted by molar-refractivity contribution is 6.14. The molecule has 1 aliphatic heterocycles. The first-order valence-electron chi connectivity index (χ1n) is 16.6. The van der Waals surface area contributed by atoms with Gasteiger partial charge in [0.05, 0.1) is 11.0 Å². The van der Waals surface area contributed by atoms with Crippen LogP contribution in [0, 0.1) is 0 Å². The van der Waals surface area contributed by atoms with E-state index in [9.17, 15) is 0 Å². The van der Waals surface area contributed by atoms with Crippen molar-refractivity contribution in [1.29, 1.82) is 0 Å². The number of nitrogens with one attached hydrogen (secondary N) is 1. The van der Waals surface area contributed by atoms with E-state index < -0.39 is 0 Å². The Kier molecular flexibility index (Phi) is 7.17. The van der Waals surface area contributed by atoms with Gasteiger partial charge in [-0.1, -0.05) is 152 Å². The number of rotatable bonds is 6. The molecule has 4 heteroatoms. The van der Waals surface area contributed by atoms with Crippen LogP contribution in [0.4, 0.5) is 0 Å². The zero-order valence-electron chi connectivity index (χ0n) is 26.7. The van der Waals surface area contributed by atoms with Gasteiger partial charge in [0.2, 0.25) is 0 Å². The zero-order chi connectivity index (χ0) is 32.6. The minimum atomic E-state index is -0.283. The molecule has 49 heavy (non-hydrogen) atoms. The Balaban J connectivity index is 1.19. The Morgan fingerprint density at radius 3 is 1.80 bits per heavy atom. The van der Waals surface area contributed by atoms with Gasteiger partial charge in [0.1, 0.15) is 12.0 Å². The lowest BCUT2D eigenvalue weighted by Crippen LogP contribution is -2.33. The maximum Gasteiger partial charge on any atom is 0.159 e. The van der Waals surface area contributed by atoms with Crippen LogP contribution in [0.1, 0.15) is 22.9 Å². The van der Waals surface area contributed by atoms with Crippen molar-refractivity contribution in [3.05, 3.63) is 199 Å². The summed E-state index contributed by atoms with van der Waals surface area (Å²) in [5.74, 6) is 1.49. The first-order chi connectivity index (χ1) is 24.3. The van der Waals surface area contributed by atoms with Crippen LogP contribution in [0.15, 0.2) is 192 Å². The Hall–Kier alpha value is -6.52. The van der Waals surface area contributed by atoms with Crippen LogP contribution in [0.5, 0.6) is 0 Å². The summed E-state index contributed by atoms with van der Waals surface area (Å²) in [6, 6.07) is 64.0. The highest BCUT2D eigenvalue weighted by Crippen LogP contribution is 2.35. The van der Waals surface area contributed by atoms with Crippen molar-refractivity contribution >= 4 is 33.5 Å². The number of benzene rings is 7. The molecule has 8 aromatic rings.